The first-order valence-corrected chi connectivity index (χ1v) is 5.62. The zero-order valence-electron chi connectivity index (χ0n) is 9.90. The van der Waals surface area contributed by atoms with E-state index in [1.54, 1.807) is 4.90 Å². The quantitative estimate of drug-likeness (QED) is 0.656. The van der Waals surface area contributed by atoms with Crippen LogP contribution in [-0.4, -0.2) is 50.2 Å². The number of hydrogen-bond donors (Lipinski definition) is 0. The number of hydrogen-bond acceptors (Lipinski definition) is 4. The molecule has 0 aromatic rings. The summed E-state index contributed by atoms with van der Waals surface area (Å²) in [6.07, 6.45) is 1.49. The summed E-state index contributed by atoms with van der Waals surface area (Å²) in [5.41, 5.74) is 0. The number of carbonyl (C=O) groups is 2. The molecule has 1 rings (SSSR count). The van der Waals surface area contributed by atoms with Gasteiger partial charge in [0.25, 0.3) is 0 Å². The van der Waals surface area contributed by atoms with E-state index in [0.29, 0.717) is 19.8 Å². The second kappa shape index (κ2) is 6.48. The molecule has 0 N–H and O–H groups in total. The SMILES string of the molecule is CCN(CC(=O)OC)C(=O)C1CCOCC1. The number of likely N-dealkylation sites (N-methyl/N-ethyl adjacent to an activating group) is 1. The lowest BCUT2D eigenvalue weighted by atomic mass is 9.98. The Morgan fingerprint density at radius 3 is 2.50 bits per heavy atom. The van der Waals surface area contributed by atoms with Crippen molar-refractivity contribution < 1.29 is 19.1 Å². The van der Waals surface area contributed by atoms with Crippen LogP contribution in [0.5, 0.6) is 0 Å². The number of ether oxygens (including phenoxy) is 2. The van der Waals surface area contributed by atoms with Gasteiger partial charge in [-0.05, 0) is 19.8 Å². The maximum atomic E-state index is 12.0. The van der Waals surface area contributed by atoms with Crippen molar-refractivity contribution in [3.8, 4) is 0 Å². The van der Waals surface area contributed by atoms with Gasteiger partial charge < -0.3 is 14.4 Å². The van der Waals surface area contributed by atoms with Gasteiger partial charge in [-0.15, -0.1) is 0 Å². The summed E-state index contributed by atoms with van der Waals surface area (Å²) in [4.78, 5) is 24.7. The number of carbonyl (C=O) groups excluding carboxylic acids is 2. The van der Waals surface area contributed by atoms with Crippen LogP contribution in [0.1, 0.15) is 19.8 Å². The maximum Gasteiger partial charge on any atom is 0.325 e. The minimum atomic E-state index is -0.373. The second-order valence-corrected chi connectivity index (χ2v) is 3.82. The van der Waals surface area contributed by atoms with Gasteiger partial charge in [0.1, 0.15) is 6.54 Å². The minimum absolute atomic E-state index is 0.00152. The van der Waals surface area contributed by atoms with Crippen molar-refractivity contribution in [2.45, 2.75) is 19.8 Å². The average molecular weight is 229 g/mol. The van der Waals surface area contributed by atoms with Crippen LogP contribution in [-0.2, 0) is 19.1 Å². The molecule has 0 radical (unpaired) electrons. The predicted octanol–water partition coefficient (Wildman–Crippen LogP) is 0.434. The minimum Gasteiger partial charge on any atom is -0.468 e. The maximum absolute atomic E-state index is 12.0. The molecule has 5 heteroatoms. The van der Waals surface area contributed by atoms with Gasteiger partial charge in [0.2, 0.25) is 5.91 Å². The first-order chi connectivity index (χ1) is 7.69. The molecule has 1 fully saturated rings. The van der Waals surface area contributed by atoms with Crippen molar-refractivity contribution >= 4 is 11.9 Å². The molecule has 0 aliphatic carbocycles. The molecule has 1 amide bonds. The average Bonchev–Trinajstić information content (AvgIpc) is 2.35. The van der Waals surface area contributed by atoms with Crippen LogP contribution in [0.3, 0.4) is 0 Å². The number of esters is 1. The van der Waals surface area contributed by atoms with E-state index in [2.05, 4.69) is 4.74 Å². The van der Waals surface area contributed by atoms with Crippen molar-refractivity contribution in [3.05, 3.63) is 0 Å². The number of amides is 1. The molecule has 0 aromatic heterocycles. The zero-order valence-corrected chi connectivity index (χ0v) is 9.90. The molecule has 0 atom stereocenters. The molecular weight excluding hydrogens is 210 g/mol. The lowest BCUT2D eigenvalue weighted by Gasteiger charge is -2.27. The molecule has 0 saturated carbocycles. The summed E-state index contributed by atoms with van der Waals surface area (Å²) >= 11 is 0. The van der Waals surface area contributed by atoms with Crippen LogP contribution in [0.2, 0.25) is 0 Å². The summed E-state index contributed by atoms with van der Waals surface area (Å²) in [6.45, 7) is 3.70. The Hall–Kier alpha value is -1.10. The highest BCUT2D eigenvalue weighted by Gasteiger charge is 2.26. The van der Waals surface area contributed by atoms with Gasteiger partial charge in [0.05, 0.1) is 7.11 Å². The van der Waals surface area contributed by atoms with Gasteiger partial charge >= 0.3 is 5.97 Å². The molecule has 16 heavy (non-hydrogen) atoms. The molecule has 0 bridgehead atoms. The highest BCUT2D eigenvalue weighted by atomic mass is 16.5. The number of rotatable bonds is 4. The Morgan fingerprint density at radius 1 is 1.38 bits per heavy atom. The molecule has 1 aliphatic rings. The zero-order chi connectivity index (χ0) is 12.0. The predicted molar refractivity (Wildman–Crippen MR) is 57.8 cm³/mol. The molecule has 92 valence electrons. The monoisotopic (exact) mass is 229 g/mol. The Kier molecular flexibility index (Phi) is 5.25. The third-order valence-corrected chi connectivity index (χ3v) is 2.81. The largest absolute Gasteiger partial charge is 0.468 e. The molecule has 0 unspecified atom stereocenters. The first-order valence-electron chi connectivity index (χ1n) is 5.62. The third kappa shape index (κ3) is 3.48. The molecule has 1 heterocycles. The summed E-state index contributed by atoms with van der Waals surface area (Å²) in [6, 6.07) is 0. The van der Waals surface area contributed by atoms with Gasteiger partial charge in [-0.3, -0.25) is 9.59 Å². The smallest absolute Gasteiger partial charge is 0.325 e. The number of methoxy groups -OCH3 is 1. The van der Waals surface area contributed by atoms with Crippen LogP contribution in [0, 0.1) is 5.92 Å². The van der Waals surface area contributed by atoms with Crippen molar-refractivity contribution in [3.63, 3.8) is 0 Å². The first kappa shape index (κ1) is 13.0. The van der Waals surface area contributed by atoms with Crippen LogP contribution in [0.25, 0.3) is 0 Å². The molecule has 0 spiro atoms. The highest BCUT2D eigenvalue weighted by Crippen LogP contribution is 2.17. The number of nitrogens with zero attached hydrogens (tertiary/aromatic N) is 1. The second-order valence-electron chi connectivity index (χ2n) is 3.82. The van der Waals surface area contributed by atoms with Gasteiger partial charge in [0.15, 0.2) is 0 Å². The fraction of sp³-hybridized carbons (Fsp3) is 0.818. The molecule has 1 saturated heterocycles. The Bertz CT molecular complexity index is 248. The van der Waals surface area contributed by atoms with Gasteiger partial charge in [-0.1, -0.05) is 0 Å². The van der Waals surface area contributed by atoms with E-state index in [4.69, 9.17) is 4.74 Å². The van der Waals surface area contributed by atoms with Crippen LogP contribution >= 0.6 is 0 Å². The topological polar surface area (TPSA) is 55.8 Å². The molecule has 0 aromatic carbocycles. The van der Waals surface area contributed by atoms with Crippen molar-refractivity contribution in [2.24, 2.45) is 5.92 Å². The van der Waals surface area contributed by atoms with E-state index in [1.807, 2.05) is 6.92 Å². The summed E-state index contributed by atoms with van der Waals surface area (Å²) in [5.74, 6) is -0.336. The standard InChI is InChI=1S/C11H19NO4/c1-3-12(8-10(13)15-2)11(14)9-4-6-16-7-5-9/h9H,3-8H2,1-2H3. The van der Waals surface area contributed by atoms with Crippen LogP contribution in [0.15, 0.2) is 0 Å². The van der Waals surface area contributed by atoms with E-state index < -0.39 is 0 Å². The van der Waals surface area contributed by atoms with E-state index in [9.17, 15) is 9.59 Å². The Balaban J connectivity index is 2.50. The fourth-order valence-corrected chi connectivity index (χ4v) is 1.77. The molecule has 5 nitrogen and oxygen atoms in total. The summed E-state index contributed by atoms with van der Waals surface area (Å²) in [5, 5.41) is 0. The van der Waals surface area contributed by atoms with E-state index in [1.165, 1.54) is 7.11 Å². The van der Waals surface area contributed by atoms with Crippen LogP contribution < -0.4 is 0 Å². The van der Waals surface area contributed by atoms with E-state index >= 15 is 0 Å². The van der Waals surface area contributed by atoms with E-state index in [-0.39, 0.29) is 24.3 Å². The Morgan fingerprint density at radius 2 is 2.00 bits per heavy atom. The molecular formula is C11H19NO4. The van der Waals surface area contributed by atoms with Crippen molar-refractivity contribution in [1.82, 2.24) is 4.90 Å². The fourth-order valence-electron chi connectivity index (χ4n) is 1.77. The normalized spacial score (nSPS) is 16.9. The van der Waals surface area contributed by atoms with Crippen molar-refractivity contribution in [2.75, 3.05) is 33.4 Å². The summed E-state index contributed by atoms with van der Waals surface area (Å²) < 4.78 is 9.77. The highest BCUT2D eigenvalue weighted by molar-refractivity contribution is 5.83. The van der Waals surface area contributed by atoms with Gasteiger partial charge in [-0.25, -0.2) is 0 Å². The van der Waals surface area contributed by atoms with Crippen molar-refractivity contribution in [1.29, 1.82) is 0 Å². The third-order valence-electron chi connectivity index (χ3n) is 2.81. The molecule has 1 aliphatic heterocycles. The van der Waals surface area contributed by atoms with Gasteiger partial charge in [-0.2, -0.15) is 0 Å². The Labute approximate surface area is 95.7 Å². The lowest BCUT2D eigenvalue weighted by molar-refractivity contribution is -0.149. The lowest BCUT2D eigenvalue weighted by Crippen LogP contribution is -2.41. The summed E-state index contributed by atoms with van der Waals surface area (Å²) in [7, 11) is 1.33. The van der Waals surface area contributed by atoms with E-state index in [0.717, 1.165) is 12.8 Å². The van der Waals surface area contributed by atoms with Crippen LogP contribution in [0.4, 0.5) is 0 Å². The van der Waals surface area contributed by atoms with Gasteiger partial charge in [0, 0.05) is 25.7 Å².